The minimum atomic E-state index is -0.625. The van der Waals surface area contributed by atoms with Crippen molar-refractivity contribution in [1.29, 1.82) is 0 Å². The molecular formula is C19H28N5O5+. The predicted molar refractivity (Wildman–Crippen MR) is 98.2 cm³/mol. The Labute approximate surface area is 169 Å². The third-order valence-corrected chi connectivity index (χ3v) is 5.71. The van der Waals surface area contributed by atoms with E-state index in [0.29, 0.717) is 42.5 Å². The van der Waals surface area contributed by atoms with Gasteiger partial charge in [0, 0.05) is 12.6 Å². The molecule has 10 nitrogen and oxygen atoms in total. The highest BCUT2D eigenvalue weighted by Gasteiger charge is 2.39. The first-order valence-corrected chi connectivity index (χ1v) is 10.0. The molecule has 2 aliphatic rings. The number of Topliss-reactive ketones (excluding diaryl/α,β-unsaturated/α-hetero) is 1. The first kappa shape index (κ1) is 21.1. The molecular weight excluding hydrogens is 378 g/mol. The molecule has 1 saturated heterocycles. The molecule has 29 heavy (non-hydrogen) atoms. The summed E-state index contributed by atoms with van der Waals surface area (Å²) < 4.78 is 0.794. The highest BCUT2D eigenvalue weighted by Crippen LogP contribution is 2.31. The molecule has 1 saturated carbocycles. The van der Waals surface area contributed by atoms with Crippen molar-refractivity contribution in [2.45, 2.75) is 51.0 Å². The van der Waals surface area contributed by atoms with Gasteiger partial charge < -0.3 is 5.21 Å². The second kappa shape index (κ2) is 9.75. The Hall–Kier alpha value is -2.59. The standard InChI is InChI=1S/C19H28N5O5/c25-13-23(29)11-15(9-14-3-1-2-4-14)19(27)24-17(5-7-21-24)18(26)10-16-6-8-22(28)12-20-16/h6,8,12-15,17,21,28-29H,1-5,7,9-11H2/q+1/t15-,17+/m1/s1. The highest BCUT2D eigenvalue weighted by atomic mass is 16.5. The molecule has 158 valence electrons. The minimum absolute atomic E-state index is 0.0464. The molecule has 0 spiro atoms. The van der Waals surface area contributed by atoms with E-state index in [1.807, 2.05) is 0 Å². The first-order valence-electron chi connectivity index (χ1n) is 10.0. The van der Waals surface area contributed by atoms with Gasteiger partial charge in [-0.05, 0) is 23.7 Å². The van der Waals surface area contributed by atoms with Crippen molar-refractivity contribution in [2.24, 2.45) is 11.8 Å². The van der Waals surface area contributed by atoms with Gasteiger partial charge in [0.1, 0.15) is 12.2 Å². The number of hydroxylamine groups is 2. The van der Waals surface area contributed by atoms with Gasteiger partial charge in [-0.2, -0.15) is 0 Å². The van der Waals surface area contributed by atoms with Crippen molar-refractivity contribution >= 4 is 18.1 Å². The molecule has 0 bridgehead atoms. The van der Waals surface area contributed by atoms with Crippen LogP contribution in [0.15, 0.2) is 18.6 Å². The monoisotopic (exact) mass is 406 g/mol. The number of carbonyl (C=O) groups is 3. The van der Waals surface area contributed by atoms with Crippen LogP contribution in [0, 0.1) is 11.8 Å². The van der Waals surface area contributed by atoms with Crippen LogP contribution in [0.1, 0.15) is 44.2 Å². The number of hydrazine groups is 1. The van der Waals surface area contributed by atoms with Gasteiger partial charge in [0.2, 0.25) is 12.3 Å². The fraction of sp³-hybridized carbons (Fsp3) is 0.632. The molecule has 2 fully saturated rings. The van der Waals surface area contributed by atoms with Crippen LogP contribution in [-0.2, 0) is 20.8 Å². The van der Waals surface area contributed by atoms with Gasteiger partial charge in [-0.3, -0.25) is 24.6 Å². The van der Waals surface area contributed by atoms with Gasteiger partial charge in [0.25, 0.3) is 0 Å². The van der Waals surface area contributed by atoms with Crippen molar-refractivity contribution in [3.8, 4) is 0 Å². The molecule has 2 amide bonds. The van der Waals surface area contributed by atoms with Crippen molar-refractivity contribution in [2.75, 3.05) is 13.1 Å². The average molecular weight is 406 g/mol. The Morgan fingerprint density at radius 3 is 2.79 bits per heavy atom. The van der Waals surface area contributed by atoms with Crippen LogP contribution in [0.25, 0.3) is 0 Å². The molecule has 0 unspecified atom stereocenters. The molecule has 3 N–H and O–H groups in total. The number of carbonyl (C=O) groups excluding carboxylic acids is 3. The number of rotatable bonds is 9. The summed E-state index contributed by atoms with van der Waals surface area (Å²) in [4.78, 5) is 40.9. The van der Waals surface area contributed by atoms with Gasteiger partial charge in [0.15, 0.2) is 11.5 Å². The van der Waals surface area contributed by atoms with Crippen LogP contribution in [0.4, 0.5) is 0 Å². The Balaban J connectivity index is 1.68. The fourth-order valence-electron chi connectivity index (χ4n) is 4.24. The molecule has 2 heterocycles. The number of nitrogens with zero attached hydrogens (tertiary/aromatic N) is 4. The Morgan fingerprint density at radius 2 is 2.14 bits per heavy atom. The van der Waals surface area contributed by atoms with E-state index < -0.39 is 12.0 Å². The smallest absolute Gasteiger partial charge is 0.325 e. The van der Waals surface area contributed by atoms with E-state index in [2.05, 4.69) is 10.4 Å². The van der Waals surface area contributed by atoms with Crippen molar-refractivity contribution in [3.63, 3.8) is 0 Å². The molecule has 1 aliphatic heterocycles. The summed E-state index contributed by atoms with van der Waals surface area (Å²) in [7, 11) is 0. The molecule has 1 aromatic rings. The third kappa shape index (κ3) is 5.48. The van der Waals surface area contributed by atoms with E-state index in [1.165, 1.54) is 17.5 Å². The quantitative estimate of drug-likeness (QED) is 0.171. The first-order chi connectivity index (χ1) is 14.0. The van der Waals surface area contributed by atoms with Crippen LogP contribution < -0.4 is 10.2 Å². The van der Waals surface area contributed by atoms with Crippen molar-refractivity contribution < 1.29 is 29.5 Å². The summed E-state index contributed by atoms with van der Waals surface area (Å²) in [6, 6.07) is 0.920. The SMILES string of the molecule is O=CN(O)C[C@@H](CC1CCCC1)C(=O)N1NCC[C@H]1C(=O)Cc1cc[n+](O)cn1. The van der Waals surface area contributed by atoms with Crippen LogP contribution in [0.3, 0.4) is 0 Å². The van der Waals surface area contributed by atoms with Gasteiger partial charge in [-0.25, -0.2) is 10.5 Å². The average Bonchev–Trinajstić information content (AvgIpc) is 3.40. The van der Waals surface area contributed by atoms with E-state index in [1.54, 1.807) is 6.07 Å². The maximum Gasteiger partial charge on any atom is 0.325 e. The maximum atomic E-state index is 13.2. The molecule has 1 aliphatic carbocycles. The zero-order valence-electron chi connectivity index (χ0n) is 16.3. The van der Waals surface area contributed by atoms with Crippen molar-refractivity contribution in [1.82, 2.24) is 20.5 Å². The summed E-state index contributed by atoms with van der Waals surface area (Å²) in [5.74, 6) is -0.609. The fourth-order valence-corrected chi connectivity index (χ4v) is 4.24. The van der Waals surface area contributed by atoms with Gasteiger partial charge >= 0.3 is 6.33 Å². The van der Waals surface area contributed by atoms with Crippen LogP contribution >= 0.6 is 0 Å². The van der Waals surface area contributed by atoms with Gasteiger partial charge in [0.05, 0.1) is 18.9 Å². The molecule has 0 aromatic carbocycles. The van der Waals surface area contributed by atoms with Gasteiger partial charge in [-0.15, -0.1) is 0 Å². The predicted octanol–water partition coefficient (Wildman–Crippen LogP) is -0.132. The number of ketones is 1. The normalized spacial score (nSPS) is 20.6. The zero-order valence-corrected chi connectivity index (χ0v) is 16.3. The van der Waals surface area contributed by atoms with Crippen LogP contribution in [-0.4, -0.2) is 62.7 Å². The Bertz CT molecular complexity index is 722. The molecule has 1 aromatic heterocycles. The van der Waals surface area contributed by atoms with Crippen LogP contribution in [0.2, 0.25) is 0 Å². The number of hydrogen-bond acceptors (Lipinski definition) is 7. The number of nitrogens with one attached hydrogen (secondary N) is 1. The number of hydrogen-bond donors (Lipinski definition) is 3. The lowest BCUT2D eigenvalue weighted by atomic mass is 9.91. The molecule has 0 radical (unpaired) electrons. The largest absolute Gasteiger partial charge is 0.350 e. The second-order valence-corrected chi connectivity index (χ2v) is 7.81. The van der Waals surface area contributed by atoms with Crippen molar-refractivity contribution in [3.05, 3.63) is 24.3 Å². The Morgan fingerprint density at radius 1 is 1.38 bits per heavy atom. The van der Waals surface area contributed by atoms with E-state index in [0.717, 1.165) is 30.4 Å². The topological polar surface area (TPSA) is 127 Å². The van der Waals surface area contributed by atoms with E-state index >= 15 is 0 Å². The van der Waals surface area contributed by atoms with Gasteiger partial charge in [-0.1, -0.05) is 30.4 Å². The summed E-state index contributed by atoms with van der Waals surface area (Å²) >= 11 is 0. The van der Waals surface area contributed by atoms with E-state index in [9.17, 15) is 24.8 Å². The Kier molecular flexibility index (Phi) is 7.10. The minimum Gasteiger partial charge on any atom is -0.350 e. The summed E-state index contributed by atoms with van der Waals surface area (Å²) in [6.45, 7) is 0.405. The number of amides is 2. The molecule has 10 heteroatoms. The molecule has 2 atom stereocenters. The number of aromatic nitrogens is 2. The van der Waals surface area contributed by atoms with E-state index in [-0.39, 0.29) is 24.7 Å². The maximum absolute atomic E-state index is 13.2. The summed E-state index contributed by atoms with van der Waals surface area (Å²) in [6.07, 6.45) is 8.33. The van der Waals surface area contributed by atoms with E-state index in [4.69, 9.17) is 0 Å². The second-order valence-electron chi connectivity index (χ2n) is 7.81. The lowest BCUT2D eigenvalue weighted by molar-refractivity contribution is -0.906. The third-order valence-electron chi connectivity index (χ3n) is 5.71. The lowest BCUT2D eigenvalue weighted by Crippen LogP contribution is -2.51. The van der Waals surface area contributed by atoms with Crippen LogP contribution in [0.5, 0.6) is 0 Å². The summed E-state index contributed by atoms with van der Waals surface area (Å²) in [5, 5.41) is 20.8. The molecule has 3 rings (SSSR count). The zero-order chi connectivity index (χ0) is 20.8. The highest BCUT2D eigenvalue weighted by molar-refractivity contribution is 5.91. The summed E-state index contributed by atoms with van der Waals surface area (Å²) in [5.41, 5.74) is 3.49. The lowest BCUT2D eigenvalue weighted by Gasteiger charge is -2.29.